The number of hydrogen-bond acceptors (Lipinski definition) is 3. The van der Waals surface area contributed by atoms with E-state index < -0.39 is 0 Å². The number of ether oxygens (including phenoxy) is 1. The fourth-order valence-electron chi connectivity index (χ4n) is 2.85. The molecule has 2 aliphatic heterocycles. The zero-order valence-corrected chi connectivity index (χ0v) is 11.7. The van der Waals surface area contributed by atoms with E-state index in [-0.39, 0.29) is 5.91 Å². The Morgan fingerprint density at radius 2 is 2.10 bits per heavy atom. The minimum atomic E-state index is 0.0410. The van der Waals surface area contributed by atoms with Gasteiger partial charge in [0.05, 0.1) is 6.61 Å². The second-order valence-electron chi connectivity index (χ2n) is 5.35. The average Bonchev–Trinajstić information content (AvgIpc) is 2.95. The number of carbonyl (C=O) groups excluding carboxylic acids is 1. The van der Waals surface area contributed by atoms with Crippen LogP contribution in [0.2, 0.25) is 0 Å². The van der Waals surface area contributed by atoms with Gasteiger partial charge in [0, 0.05) is 39.1 Å². The van der Waals surface area contributed by atoms with Crippen molar-refractivity contribution in [2.45, 2.75) is 13.0 Å². The quantitative estimate of drug-likeness (QED) is 0.781. The molecular formula is C16H20N2O2. The number of fused-ring (bicyclic) bond motifs is 1. The van der Waals surface area contributed by atoms with E-state index in [9.17, 15) is 4.79 Å². The summed E-state index contributed by atoms with van der Waals surface area (Å²) in [5.41, 5.74) is 2.65. The summed E-state index contributed by atoms with van der Waals surface area (Å²) in [6.07, 6.45) is 2.42. The number of hydrogen-bond donors (Lipinski definition) is 0. The van der Waals surface area contributed by atoms with E-state index in [2.05, 4.69) is 29.7 Å². The maximum Gasteiger partial charge on any atom is 0.246 e. The molecule has 3 rings (SSSR count). The summed E-state index contributed by atoms with van der Waals surface area (Å²) >= 11 is 0. The van der Waals surface area contributed by atoms with E-state index in [0.29, 0.717) is 0 Å². The van der Waals surface area contributed by atoms with Gasteiger partial charge in [-0.25, -0.2) is 0 Å². The first-order valence-corrected chi connectivity index (χ1v) is 7.14. The molecule has 0 unspecified atom stereocenters. The molecule has 1 aromatic rings. The van der Waals surface area contributed by atoms with Crippen LogP contribution in [0.25, 0.3) is 0 Å². The Bertz CT molecular complexity index is 519. The molecule has 0 atom stereocenters. The lowest BCUT2D eigenvalue weighted by Crippen LogP contribution is -2.47. The van der Waals surface area contributed by atoms with Gasteiger partial charge >= 0.3 is 0 Å². The number of carbonyl (C=O) groups is 1. The smallest absolute Gasteiger partial charge is 0.246 e. The molecule has 20 heavy (non-hydrogen) atoms. The SMILES string of the molecule is C=CC(=O)N1CCN(Cc2ccc3c(c2)CCO3)CC1. The number of amides is 1. The predicted molar refractivity (Wildman–Crippen MR) is 77.7 cm³/mol. The van der Waals surface area contributed by atoms with Crippen LogP contribution in [0.1, 0.15) is 11.1 Å². The lowest BCUT2D eigenvalue weighted by atomic mass is 10.1. The molecular weight excluding hydrogens is 252 g/mol. The topological polar surface area (TPSA) is 32.8 Å². The van der Waals surface area contributed by atoms with Crippen LogP contribution in [-0.4, -0.2) is 48.5 Å². The number of benzene rings is 1. The largest absolute Gasteiger partial charge is 0.493 e. The fraction of sp³-hybridized carbons (Fsp3) is 0.438. The highest BCUT2D eigenvalue weighted by atomic mass is 16.5. The summed E-state index contributed by atoms with van der Waals surface area (Å²) in [6.45, 7) is 8.72. The summed E-state index contributed by atoms with van der Waals surface area (Å²) in [5, 5.41) is 0. The van der Waals surface area contributed by atoms with Crippen LogP contribution in [0.15, 0.2) is 30.9 Å². The standard InChI is InChI=1S/C16H20N2O2/c1-2-16(19)18-8-6-17(7-9-18)12-13-3-4-15-14(11-13)5-10-20-15/h2-4,11H,1,5-10,12H2. The molecule has 106 valence electrons. The molecule has 1 saturated heterocycles. The Morgan fingerprint density at radius 1 is 1.30 bits per heavy atom. The van der Waals surface area contributed by atoms with Crippen molar-refractivity contribution in [1.29, 1.82) is 0 Å². The molecule has 0 aliphatic carbocycles. The third-order valence-corrected chi connectivity index (χ3v) is 4.02. The van der Waals surface area contributed by atoms with E-state index in [0.717, 1.165) is 51.5 Å². The Hall–Kier alpha value is -1.81. The molecule has 0 saturated carbocycles. The molecule has 0 radical (unpaired) electrons. The first-order valence-electron chi connectivity index (χ1n) is 7.14. The van der Waals surface area contributed by atoms with E-state index in [4.69, 9.17) is 4.74 Å². The van der Waals surface area contributed by atoms with Crippen molar-refractivity contribution in [3.8, 4) is 5.75 Å². The predicted octanol–water partition coefficient (Wildman–Crippen LogP) is 1.45. The minimum Gasteiger partial charge on any atom is -0.493 e. The van der Waals surface area contributed by atoms with Crippen LogP contribution < -0.4 is 4.74 Å². The van der Waals surface area contributed by atoms with Crippen molar-refractivity contribution in [3.63, 3.8) is 0 Å². The Morgan fingerprint density at radius 3 is 2.85 bits per heavy atom. The molecule has 2 heterocycles. The molecule has 1 aromatic carbocycles. The first kappa shape index (κ1) is 13.2. The maximum absolute atomic E-state index is 11.5. The zero-order chi connectivity index (χ0) is 13.9. The van der Waals surface area contributed by atoms with Crippen LogP contribution in [0, 0.1) is 0 Å². The van der Waals surface area contributed by atoms with E-state index in [1.165, 1.54) is 17.2 Å². The van der Waals surface area contributed by atoms with Gasteiger partial charge in [-0.15, -0.1) is 0 Å². The molecule has 4 heteroatoms. The summed E-state index contributed by atoms with van der Waals surface area (Å²) in [6, 6.07) is 6.48. The summed E-state index contributed by atoms with van der Waals surface area (Å²) in [5.74, 6) is 1.08. The normalized spacial score (nSPS) is 18.5. The van der Waals surface area contributed by atoms with Crippen molar-refractivity contribution < 1.29 is 9.53 Å². The maximum atomic E-state index is 11.5. The molecule has 0 bridgehead atoms. The van der Waals surface area contributed by atoms with Crippen LogP contribution in [-0.2, 0) is 17.8 Å². The zero-order valence-electron chi connectivity index (χ0n) is 11.7. The summed E-state index contributed by atoms with van der Waals surface area (Å²) < 4.78 is 5.53. The average molecular weight is 272 g/mol. The van der Waals surface area contributed by atoms with Gasteiger partial charge in [-0.05, 0) is 23.3 Å². The van der Waals surface area contributed by atoms with E-state index >= 15 is 0 Å². The highest BCUT2D eigenvalue weighted by Gasteiger charge is 2.20. The van der Waals surface area contributed by atoms with Gasteiger partial charge in [-0.3, -0.25) is 9.69 Å². The van der Waals surface area contributed by atoms with Gasteiger partial charge in [-0.1, -0.05) is 18.7 Å². The van der Waals surface area contributed by atoms with Gasteiger partial charge in [-0.2, -0.15) is 0 Å². The molecule has 2 aliphatic rings. The van der Waals surface area contributed by atoms with Gasteiger partial charge in [0.2, 0.25) is 5.91 Å². The third-order valence-electron chi connectivity index (χ3n) is 4.02. The van der Waals surface area contributed by atoms with Gasteiger partial charge < -0.3 is 9.64 Å². The lowest BCUT2D eigenvalue weighted by Gasteiger charge is -2.34. The van der Waals surface area contributed by atoms with Crippen molar-refractivity contribution in [2.24, 2.45) is 0 Å². The van der Waals surface area contributed by atoms with Crippen LogP contribution >= 0.6 is 0 Å². The molecule has 1 fully saturated rings. The third kappa shape index (κ3) is 2.70. The van der Waals surface area contributed by atoms with Crippen molar-refractivity contribution >= 4 is 5.91 Å². The highest BCUT2D eigenvalue weighted by molar-refractivity contribution is 5.87. The second-order valence-corrected chi connectivity index (χ2v) is 5.35. The van der Waals surface area contributed by atoms with Crippen LogP contribution in [0.3, 0.4) is 0 Å². The first-order chi connectivity index (χ1) is 9.76. The van der Waals surface area contributed by atoms with Gasteiger partial charge in [0.1, 0.15) is 5.75 Å². The van der Waals surface area contributed by atoms with Crippen molar-refractivity contribution in [3.05, 3.63) is 42.0 Å². The van der Waals surface area contributed by atoms with Crippen molar-refractivity contribution in [2.75, 3.05) is 32.8 Å². The minimum absolute atomic E-state index is 0.0410. The van der Waals surface area contributed by atoms with Crippen LogP contribution in [0.5, 0.6) is 5.75 Å². The molecule has 1 amide bonds. The van der Waals surface area contributed by atoms with Gasteiger partial charge in [0.15, 0.2) is 0 Å². The van der Waals surface area contributed by atoms with Crippen LogP contribution in [0.4, 0.5) is 0 Å². The molecule has 0 spiro atoms. The van der Waals surface area contributed by atoms with Crippen molar-refractivity contribution in [1.82, 2.24) is 9.80 Å². The fourth-order valence-corrected chi connectivity index (χ4v) is 2.85. The Balaban J connectivity index is 1.57. The molecule has 4 nitrogen and oxygen atoms in total. The number of nitrogens with zero attached hydrogens (tertiary/aromatic N) is 2. The lowest BCUT2D eigenvalue weighted by molar-refractivity contribution is -0.127. The van der Waals surface area contributed by atoms with Gasteiger partial charge in [0.25, 0.3) is 0 Å². The van der Waals surface area contributed by atoms with E-state index in [1.54, 1.807) is 0 Å². The van der Waals surface area contributed by atoms with E-state index in [1.807, 2.05) is 4.90 Å². The highest BCUT2D eigenvalue weighted by Crippen LogP contribution is 2.26. The Kier molecular flexibility index (Phi) is 3.74. The molecule has 0 aromatic heterocycles. The molecule has 0 N–H and O–H groups in total. The summed E-state index contributed by atoms with van der Waals surface area (Å²) in [7, 11) is 0. The monoisotopic (exact) mass is 272 g/mol. The number of rotatable bonds is 3. The Labute approximate surface area is 119 Å². The number of piperazine rings is 1. The summed E-state index contributed by atoms with van der Waals surface area (Å²) in [4.78, 5) is 15.8. The second kappa shape index (κ2) is 5.67.